The molecule has 1 amide bonds. The first kappa shape index (κ1) is 17.3. The van der Waals surface area contributed by atoms with Gasteiger partial charge in [0.1, 0.15) is 5.75 Å². The van der Waals surface area contributed by atoms with Gasteiger partial charge in [0.05, 0.1) is 26.3 Å². The summed E-state index contributed by atoms with van der Waals surface area (Å²) in [6, 6.07) is 13.8. The molecule has 0 saturated carbocycles. The topological polar surface area (TPSA) is 89.6 Å². The van der Waals surface area contributed by atoms with Gasteiger partial charge in [-0.25, -0.2) is 4.79 Å². The molecule has 1 heterocycles. The van der Waals surface area contributed by atoms with Gasteiger partial charge < -0.3 is 24.5 Å². The average molecular weight is 354 g/mol. The maximum Gasteiger partial charge on any atom is 0.412 e. The average Bonchev–Trinajstić information content (AvgIpc) is 2.66. The van der Waals surface area contributed by atoms with Crippen LogP contribution in [-0.2, 0) is 6.54 Å². The Kier molecular flexibility index (Phi) is 5.07. The Balaban J connectivity index is 1.78. The van der Waals surface area contributed by atoms with Gasteiger partial charge >= 0.3 is 6.09 Å². The molecule has 0 fully saturated rings. The van der Waals surface area contributed by atoms with Crippen LogP contribution in [0.15, 0.2) is 53.3 Å². The standard InChI is InChI=1S/C19H18N2O5/c1-24-16-9-12-8-13(18(22)21-15(12)10-17(16)25-2)11-20-19(23)26-14-6-4-3-5-7-14/h3-10H,11H2,1-2H3,(H,20,23)(H,21,22). The summed E-state index contributed by atoms with van der Waals surface area (Å²) < 4.78 is 15.6. The van der Waals surface area contributed by atoms with E-state index in [1.54, 1.807) is 42.5 Å². The number of nitrogens with one attached hydrogen (secondary N) is 2. The number of fused-ring (bicyclic) bond motifs is 1. The molecular formula is C19H18N2O5. The zero-order chi connectivity index (χ0) is 18.5. The van der Waals surface area contributed by atoms with Gasteiger partial charge in [0.2, 0.25) is 0 Å². The number of aromatic amines is 1. The minimum atomic E-state index is -0.636. The Labute approximate surface area is 149 Å². The summed E-state index contributed by atoms with van der Waals surface area (Å²) in [4.78, 5) is 26.9. The van der Waals surface area contributed by atoms with Crippen molar-refractivity contribution in [3.63, 3.8) is 0 Å². The van der Waals surface area contributed by atoms with E-state index >= 15 is 0 Å². The van der Waals surface area contributed by atoms with Gasteiger partial charge in [0, 0.05) is 17.0 Å². The summed E-state index contributed by atoms with van der Waals surface area (Å²) in [6.45, 7) is 0.0330. The van der Waals surface area contributed by atoms with Crippen LogP contribution in [0, 0.1) is 0 Å². The molecule has 0 saturated heterocycles. The summed E-state index contributed by atoms with van der Waals surface area (Å²) in [5, 5.41) is 3.33. The number of pyridine rings is 1. The third-order valence-corrected chi connectivity index (χ3v) is 3.80. The Hall–Kier alpha value is -3.48. The molecule has 26 heavy (non-hydrogen) atoms. The maximum absolute atomic E-state index is 12.2. The Morgan fingerprint density at radius 1 is 1.04 bits per heavy atom. The Bertz CT molecular complexity index is 982. The van der Waals surface area contributed by atoms with E-state index in [1.165, 1.54) is 14.2 Å². The van der Waals surface area contributed by atoms with Crippen LogP contribution in [0.1, 0.15) is 5.56 Å². The van der Waals surface area contributed by atoms with Gasteiger partial charge in [-0.1, -0.05) is 18.2 Å². The molecule has 0 aliphatic carbocycles. The molecule has 0 radical (unpaired) electrons. The first-order chi connectivity index (χ1) is 12.6. The third kappa shape index (κ3) is 3.77. The number of rotatable bonds is 5. The Morgan fingerprint density at radius 3 is 2.42 bits per heavy atom. The van der Waals surface area contributed by atoms with Crippen LogP contribution < -0.4 is 25.1 Å². The molecule has 134 valence electrons. The minimum Gasteiger partial charge on any atom is -0.493 e. The number of para-hydroxylation sites is 1. The van der Waals surface area contributed by atoms with Crippen LogP contribution >= 0.6 is 0 Å². The van der Waals surface area contributed by atoms with Crippen molar-refractivity contribution in [3.05, 3.63) is 64.4 Å². The summed E-state index contributed by atoms with van der Waals surface area (Å²) in [6.07, 6.45) is -0.636. The summed E-state index contributed by atoms with van der Waals surface area (Å²) in [5.41, 5.74) is 0.711. The first-order valence-electron chi connectivity index (χ1n) is 7.89. The van der Waals surface area contributed by atoms with Gasteiger partial charge in [-0.3, -0.25) is 4.79 Å². The number of benzene rings is 2. The molecule has 7 nitrogen and oxygen atoms in total. The molecule has 1 aromatic heterocycles. The van der Waals surface area contributed by atoms with Gasteiger partial charge in [-0.15, -0.1) is 0 Å². The highest BCUT2D eigenvalue weighted by atomic mass is 16.6. The fourth-order valence-corrected chi connectivity index (χ4v) is 2.51. The smallest absolute Gasteiger partial charge is 0.412 e. The Morgan fingerprint density at radius 2 is 1.73 bits per heavy atom. The number of aromatic nitrogens is 1. The quantitative estimate of drug-likeness (QED) is 0.735. The van der Waals surface area contributed by atoms with Crippen molar-refractivity contribution in [2.24, 2.45) is 0 Å². The lowest BCUT2D eigenvalue weighted by Crippen LogP contribution is -2.29. The van der Waals surface area contributed by atoms with E-state index < -0.39 is 6.09 Å². The molecule has 0 unspecified atom stereocenters. The van der Waals surface area contributed by atoms with Crippen molar-refractivity contribution >= 4 is 17.0 Å². The molecule has 0 aliphatic heterocycles. The zero-order valence-corrected chi connectivity index (χ0v) is 14.4. The van der Waals surface area contributed by atoms with Gasteiger partial charge in [-0.05, 0) is 24.3 Å². The lowest BCUT2D eigenvalue weighted by molar-refractivity contribution is 0.200. The van der Waals surface area contributed by atoms with E-state index in [1.807, 2.05) is 6.07 Å². The van der Waals surface area contributed by atoms with E-state index in [2.05, 4.69) is 10.3 Å². The number of methoxy groups -OCH3 is 2. The van der Waals surface area contributed by atoms with Crippen LogP contribution in [0.25, 0.3) is 10.9 Å². The van der Waals surface area contributed by atoms with Crippen molar-refractivity contribution in [1.29, 1.82) is 0 Å². The van der Waals surface area contributed by atoms with E-state index in [-0.39, 0.29) is 12.1 Å². The highest BCUT2D eigenvalue weighted by Crippen LogP contribution is 2.30. The molecule has 7 heteroatoms. The number of amides is 1. The van der Waals surface area contributed by atoms with Crippen molar-refractivity contribution < 1.29 is 19.0 Å². The minimum absolute atomic E-state index is 0.0330. The normalized spacial score (nSPS) is 10.4. The second kappa shape index (κ2) is 7.60. The summed E-state index contributed by atoms with van der Waals surface area (Å²) in [7, 11) is 3.07. The second-order valence-corrected chi connectivity index (χ2v) is 5.47. The van der Waals surface area contributed by atoms with E-state index in [4.69, 9.17) is 14.2 Å². The van der Waals surface area contributed by atoms with Gasteiger partial charge in [-0.2, -0.15) is 0 Å². The van der Waals surface area contributed by atoms with Crippen molar-refractivity contribution in [2.45, 2.75) is 6.54 Å². The van der Waals surface area contributed by atoms with Crippen molar-refractivity contribution in [2.75, 3.05) is 14.2 Å². The SMILES string of the molecule is COc1cc2cc(CNC(=O)Oc3ccccc3)c(=O)[nH]c2cc1OC. The van der Waals surface area contributed by atoms with Crippen molar-refractivity contribution in [1.82, 2.24) is 10.3 Å². The third-order valence-electron chi connectivity index (χ3n) is 3.80. The van der Waals surface area contributed by atoms with E-state index in [0.717, 1.165) is 5.39 Å². The van der Waals surface area contributed by atoms with Crippen molar-refractivity contribution in [3.8, 4) is 17.2 Å². The van der Waals surface area contributed by atoms with Crippen LogP contribution in [0.3, 0.4) is 0 Å². The predicted molar refractivity (Wildman–Crippen MR) is 97.0 cm³/mol. The summed E-state index contributed by atoms with van der Waals surface area (Å²) in [5.74, 6) is 1.50. The monoisotopic (exact) mass is 354 g/mol. The van der Waals surface area contributed by atoms with Crippen LogP contribution in [0.2, 0.25) is 0 Å². The zero-order valence-electron chi connectivity index (χ0n) is 14.4. The van der Waals surface area contributed by atoms with Crippen LogP contribution in [0.5, 0.6) is 17.2 Å². The lowest BCUT2D eigenvalue weighted by Gasteiger charge is -2.10. The highest BCUT2D eigenvalue weighted by Gasteiger charge is 2.10. The van der Waals surface area contributed by atoms with E-state index in [0.29, 0.717) is 28.3 Å². The van der Waals surface area contributed by atoms with Gasteiger partial charge in [0.15, 0.2) is 11.5 Å². The summed E-state index contributed by atoms with van der Waals surface area (Å²) >= 11 is 0. The molecule has 0 atom stereocenters. The van der Waals surface area contributed by atoms with Crippen LogP contribution in [-0.4, -0.2) is 25.3 Å². The molecule has 3 rings (SSSR count). The molecular weight excluding hydrogens is 336 g/mol. The largest absolute Gasteiger partial charge is 0.493 e. The molecule has 0 bridgehead atoms. The number of carbonyl (C=O) groups is 1. The molecule has 0 spiro atoms. The fraction of sp³-hybridized carbons (Fsp3) is 0.158. The van der Waals surface area contributed by atoms with Crippen LogP contribution in [0.4, 0.5) is 4.79 Å². The second-order valence-electron chi connectivity index (χ2n) is 5.47. The molecule has 0 aliphatic rings. The van der Waals surface area contributed by atoms with Gasteiger partial charge in [0.25, 0.3) is 5.56 Å². The lowest BCUT2D eigenvalue weighted by atomic mass is 10.1. The molecule has 2 N–H and O–H groups in total. The number of H-pyrrole nitrogens is 1. The fourth-order valence-electron chi connectivity index (χ4n) is 2.51. The number of hydrogen-bond acceptors (Lipinski definition) is 5. The van der Waals surface area contributed by atoms with E-state index in [9.17, 15) is 9.59 Å². The predicted octanol–water partition coefficient (Wildman–Crippen LogP) is 2.83. The number of ether oxygens (including phenoxy) is 3. The maximum atomic E-state index is 12.2. The highest BCUT2D eigenvalue weighted by molar-refractivity contribution is 5.83. The number of carbonyl (C=O) groups excluding carboxylic acids is 1. The molecule has 3 aromatic rings. The number of hydrogen-bond donors (Lipinski definition) is 2. The molecule has 2 aromatic carbocycles. The first-order valence-corrected chi connectivity index (χ1v) is 7.89.